The Balaban J connectivity index is 1.90. The summed E-state index contributed by atoms with van der Waals surface area (Å²) in [5.74, 6) is 0.579. The quantitative estimate of drug-likeness (QED) is 0.740. The summed E-state index contributed by atoms with van der Waals surface area (Å²) < 4.78 is 7.90. The number of pyridine rings is 1. The molecule has 0 radical (unpaired) electrons. The second-order valence-corrected chi connectivity index (χ2v) is 5.40. The molecule has 0 saturated carbocycles. The van der Waals surface area contributed by atoms with Crippen molar-refractivity contribution >= 4 is 27.3 Å². The van der Waals surface area contributed by atoms with Gasteiger partial charge < -0.3 is 10.5 Å². The molecule has 3 aromatic rings. The van der Waals surface area contributed by atoms with E-state index in [0.29, 0.717) is 22.8 Å². The fourth-order valence-electron chi connectivity index (χ4n) is 1.96. The Hall–Kier alpha value is -2.34. The third kappa shape index (κ3) is 2.90. The molecule has 106 valence electrons. The predicted molar refractivity (Wildman–Crippen MR) is 84.3 cm³/mol. The Labute approximate surface area is 129 Å². The van der Waals surface area contributed by atoms with Gasteiger partial charge in [0.2, 0.25) is 0 Å². The number of para-hydroxylation sites is 2. The monoisotopic (exact) mass is 345 g/mol. The standard InChI is InChI=1S/C15H12BrN3O2/c16-10-5-6-14-18-11(7-15(20)19(14)8-10)9-21-13-4-2-1-3-12(13)17/h1-8H,9,17H2. The van der Waals surface area contributed by atoms with Crippen LogP contribution in [0, 0.1) is 0 Å². The van der Waals surface area contributed by atoms with E-state index in [2.05, 4.69) is 20.9 Å². The lowest BCUT2D eigenvalue weighted by molar-refractivity contribution is 0.303. The Kier molecular flexibility index (Phi) is 3.62. The minimum atomic E-state index is -0.152. The highest BCUT2D eigenvalue weighted by Gasteiger charge is 2.05. The van der Waals surface area contributed by atoms with Gasteiger partial charge in [-0.15, -0.1) is 0 Å². The Morgan fingerprint density at radius 2 is 2.05 bits per heavy atom. The Morgan fingerprint density at radius 1 is 1.24 bits per heavy atom. The predicted octanol–water partition coefficient (Wildman–Crippen LogP) is 2.62. The first-order valence-electron chi connectivity index (χ1n) is 6.28. The molecule has 6 heteroatoms. The van der Waals surface area contributed by atoms with Gasteiger partial charge in [0.1, 0.15) is 18.0 Å². The molecule has 0 aliphatic carbocycles. The normalized spacial score (nSPS) is 10.7. The van der Waals surface area contributed by atoms with Crippen LogP contribution in [0.5, 0.6) is 5.75 Å². The number of aromatic nitrogens is 2. The molecular formula is C15H12BrN3O2. The average Bonchev–Trinajstić information content (AvgIpc) is 2.47. The lowest BCUT2D eigenvalue weighted by Gasteiger charge is -2.09. The van der Waals surface area contributed by atoms with Crippen molar-refractivity contribution in [2.45, 2.75) is 6.61 Å². The molecule has 0 aliphatic rings. The summed E-state index contributed by atoms with van der Waals surface area (Å²) in [6.45, 7) is 0.190. The second-order valence-electron chi connectivity index (χ2n) is 4.49. The van der Waals surface area contributed by atoms with Gasteiger partial charge in [-0.25, -0.2) is 4.98 Å². The molecule has 5 nitrogen and oxygen atoms in total. The Morgan fingerprint density at radius 3 is 2.86 bits per heavy atom. The molecule has 0 fully saturated rings. The number of rotatable bonds is 3. The van der Waals surface area contributed by atoms with E-state index in [-0.39, 0.29) is 12.2 Å². The van der Waals surface area contributed by atoms with Crippen molar-refractivity contribution in [3.8, 4) is 5.75 Å². The van der Waals surface area contributed by atoms with Gasteiger partial charge >= 0.3 is 0 Å². The zero-order chi connectivity index (χ0) is 14.8. The Bertz CT molecular complexity index is 861. The van der Waals surface area contributed by atoms with Crippen LogP contribution in [0.4, 0.5) is 5.69 Å². The summed E-state index contributed by atoms with van der Waals surface area (Å²) in [4.78, 5) is 16.5. The van der Waals surface area contributed by atoms with E-state index < -0.39 is 0 Å². The molecule has 2 heterocycles. The van der Waals surface area contributed by atoms with E-state index in [4.69, 9.17) is 10.5 Å². The molecule has 0 atom stereocenters. The van der Waals surface area contributed by atoms with Gasteiger partial charge in [0.05, 0.1) is 11.4 Å². The van der Waals surface area contributed by atoms with Crippen LogP contribution in [0.15, 0.2) is 57.9 Å². The SMILES string of the molecule is Nc1ccccc1OCc1cc(=O)n2cc(Br)ccc2n1. The molecule has 0 spiro atoms. The van der Waals surface area contributed by atoms with E-state index >= 15 is 0 Å². The van der Waals surface area contributed by atoms with Gasteiger partial charge in [0.15, 0.2) is 0 Å². The fraction of sp³-hybridized carbons (Fsp3) is 0.0667. The first-order chi connectivity index (χ1) is 10.1. The third-order valence-corrected chi connectivity index (χ3v) is 3.44. The summed E-state index contributed by atoms with van der Waals surface area (Å²) in [6.07, 6.45) is 1.69. The number of hydrogen-bond acceptors (Lipinski definition) is 4. The minimum absolute atomic E-state index is 0.152. The third-order valence-electron chi connectivity index (χ3n) is 2.97. The van der Waals surface area contributed by atoms with Crippen molar-refractivity contribution in [2.24, 2.45) is 0 Å². The molecular weight excluding hydrogens is 334 g/mol. The topological polar surface area (TPSA) is 69.6 Å². The van der Waals surface area contributed by atoms with Crippen molar-refractivity contribution in [1.29, 1.82) is 0 Å². The van der Waals surface area contributed by atoms with Crippen LogP contribution in [-0.2, 0) is 6.61 Å². The highest BCUT2D eigenvalue weighted by molar-refractivity contribution is 9.10. The van der Waals surface area contributed by atoms with Crippen LogP contribution in [0.2, 0.25) is 0 Å². The fourth-order valence-corrected chi connectivity index (χ4v) is 2.30. The number of hydrogen-bond donors (Lipinski definition) is 1. The highest BCUT2D eigenvalue weighted by Crippen LogP contribution is 2.20. The second kappa shape index (κ2) is 5.57. The van der Waals surface area contributed by atoms with Crippen molar-refractivity contribution in [3.63, 3.8) is 0 Å². The van der Waals surface area contributed by atoms with Crippen LogP contribution in [-0.4, -0.2) is 9.38 Å². The number of benzene rings is 1. The minimum Gasteiger partial charge on any atom is -0.485 e. The van der Waals surface area contributed by atoms with E-state index in [1.165, 1.54) is 10.5 Å². The molecule has 0 saturated heterocycles. The van der Waals surface area contributed by atoms with Crippen LogP contribution in [0.3, 0.4) is 0 Å². The van der Waals surface area contributed by atoms with Crippen LogP contribution in [0.25, 0.3) is 5.65 Å². The molecule has 0 unspecified atom stereocenters. The first kappa shape index (κ1) is 13.6. The van der Waals surface area contributed by atoms with Crippen molar-refractivity contribution in [2.75, 3.05) is 5.73 Å². The molecule has 0 aliphatic heterocycles. The summed E-state index contributed by atoms with van der Waals surface area (Å²) >= 11 is 3.33. The molecule has 1 aromatic carbocycles. The van der Waals surface area contributed by atoms with Crippen LogP contribution < -0.4 is 16.0 Å². The summed E-state index contributed by atoms with van der Waals surface area (Å²) in [7, 11) is 0. The maximum absolute atomic E-state index is 12.1. The summed E-state index contributed by atoms with van der Waals surface area (Å²) in [5, 5.41) is 0. The van der Waals surface area contributed by atoms with Gasteiger partial charge in [-0.05, 0) is 40.2 Å². The van der Waals surface area contributed by atoms with E-state index in [0.717, 1.165) is 4.47 Å². The van der Waals surface area contributed by atoms with Gasteiger partial charge in [0, 0.05) is 16.7 Å². The van der Waals surface area contributed by atoms with Crippen LogP contribution in [0.1, 0.15) is 5.69 Å². The zero-order valence-corrected chi connectivity index (χ0v) is 12.6. The highest BCUT2D eigenvalue weighted by atomic mass is 79.9. The van der Waals surface area contributed by atoms with E-state index in [9.17, 15) is 4.79 Å². The lowest BCUT2D eigenvalue weighted by atomic mass is 10.3. The summed E-state index contributed by atoms with van der Waals surface area (Å²) in [6, 6.07) is 12.3. The maximum Gasteiger partial charge on any atom is 0.258 e. The van der Waals surface area contributed by atoms with Gasteiger partial charge in [-0.3, -0.25) is 9.20 Å². The molecule has 2 N–H and O–H groups in total. The van der Waals surface area contributed by atoms with Crippen molar-refractivity contribution in [3.05, 3.63) is 69.2 Å². The summed E-state index contributed by atoms with van der Waals surface area (Å²) in [5.41, 5.74) is 7.34. The largest absolute Gasteiger partial charge is 0.485 e. The number of nitrogen functional groups attached to an aromatic ring is 1. The number of halogens is 1. The van der Waals surface area contributed by atoms with Crippen molar-refractivity contribution < 1.29 is 4.74 Å². The molecule has 21 heavy (non-hydrogen) atoms. The maximum atomic E-state index is 12.1. The number of anilines is 1. The zero-order valence-electron chi connectivity index (χ0n) is 11.0. The van der Waals surface area contributed by atoms with Gasteiger partial charge in [-0.2, -0.15) is 0 Å². The number of fused-ring (bicyclic) bond motifs is 1. The first-order valence-corrected chi connectivity index (χ1v) is 7.08. The number of nitrogens with zero attached hydrogens (tertiary/aromatic N) is 2. The van der Waals surface area contributed by atoms with Crippen molar-refractivity contribution in [1.82, 2.24) is 9.38 Å². The number of ether oxygens (including phenoxy) is 1. The average molecular weight is 346 g/mol. The van der Waals surface area contributed by atoms with Crippen LogP contribution >= 0.6 is 15.9 Å². The molecule has 0 amide bonds. The molecule has 3 rings (SSSR count). The molecule has 2 aromatic heterocycles. The van der Waals surface area contributed by atoms with Gasteiger partial charge in [0.25, 0.3) is 5.56 Å². The molecule has 0 bridgehead atoms. The smallest absolute Gasteiger partial charge is 0.258 e. The lowest BCUT2D eigenvalue weighted by Crippen LogP contribution is -2.16. The van der Waals surface area contributed by atoms with E-state index in [1.54, 1.807) is 24.4 Å². The van der Waals surface area contributed by atoms with Gasteiger partial charge in [-0.1, -0.05) is 12.1 Å². The van der Waals surface area contributed by atoms with E-state index in [1.807, 2.05) is 18.2 Å². The number of nitrogens with two attached hydrogens (primary N) is 1.